The monoisotopic (exact) mass is 2350 g/mol. The summed E-state index contributed by atoms with van der Waals surface area (Å²) < 4.78 is 113. The molecule has 0 saturated carbocycles. The van der Waals surface area contributed by atoms with E-state index in [0.29, 0.717) is 11.4 Å². The van der Waals surface area contributed by atoms with Gasteiger partial charge in [0, 0.05) is 105 Å². The van der Waals surface area contributed by atoms with Crippen LogP contribution >= 0.6 is 0 Å². The van der Waals surface area contributed by atoms with Gasteiger partial charge < -0.3 is 81.6 Å². The molecule has 0 atom stereocenters. The molecule has 0 aliphatic heterocycles. The Labute approximate surface area is 730 Å². The van der Waals surface area contributed by atoms with Crippen molar-refractivity contribution in [1.82, 2.24) is 146 Å². The maximum atomic E-state index is 12.8. The van der Waals surface area contributed by atoms with Crippen LogP contribution in [0.15, 0.2) is 208 Å². The Hall–Kier alpha value is -11.9. The van der Waals surface area contributed by atoms with Crippen LogP contribution in [0, 0.1) is 48.5 Å². The normalized spacial score (nSPS) is 10.7. The predicted octanol–water partition coefficient (Wildman–Crippen LogP) is 13.4. The Morgan fingerprint density at radius 1 is 0.269 bits per heavy atom. The van der Waals surface area contributed by atoms with Crippen molar-refractivity contribution < 1.29 is 124 Å². The molecule has 0 unspecified atom stereocenters. The second-order valence-corrected chi connectivity index (χ2v) is 25.3. The molecule has 16 aromatic heterocycles. The van der Waals surface area contributed by atoms with Gasteiger partial charge in [0.05, 0.1) is 39.7 Å². The van der Waals surface area contributed by atoms with Crippen LogP contribution in [0.25, 0.3) is 102 Å². The van der Waals surface area contributed by atoms with Gasteiger partial charge in [0.15, 0.2) is 0 Å². The summed E-state index contributed by atoms with van der Waals surface area (Å²) in [4.78, 5) is 51.4. The number of pyridine rings is 3. The van der Waals surface area contributed by atoms with Crippen molar-refractivity contribution in [1.29, 1.82) is 0 Å². The molecule has 29 nitrogen and oxygen atoms in total. The number of hydrogen-bond acceptors (Lipinski definition) is 21. The van der Waals surface area contributed by atoms with Crippen molar-refractivity contribution in [3.05, 3.63) is 271 Å². The molecule has 17 rings (SSSR count). The van der Waals surface area contributed by atoms with Crippen molar-refractivity contribution >= 4 is 10.8 Å². The molecule has 620 valence electrons. The van der Waals surface area contributed by atoms with Gasteiger partial charge in [-0.3, -0.25) is 15.0 Å². The number of aromatic nitrogens is 29. The van der Waals surface area contributed by atoms with Gasteiger partial charge in [-0.05, 0) is 121 Å². The Morgan fingerprint density at radius 2 is 0.639 bits per heavy atom. The fourth-order valence-corrected chi connectivity index (χ4v) is 9.72. The van der Waals surface area contributed by atoms with Crippen molar-refractivity contribution in [3.63, 3.8) is 0 Å². The molecule has 42 heteroatoms. The van der Waals surface area contributed by atoms with Gasteiger partial charge in [-0.25, -0.2) is 49.8 Å². The molecular formula is C77H64F9N29Pt4. The van der Waals surface area contributed by atoms with Gasteiger partial charge in [0.25, 0.3) is 0 Å². The van der Waals surface area contributed by atoms with E-state index in [1.54, 1.807) is 43.0 Å². The van der Waals surface area contributed by atoms with Crippen LogP contribution in [-0.2, 0) is 108 Å². The molecule has 16 heterocycles. The first-order valence-corrected chi connectivity index (χ1v) is 34.1. The summed E-state index contributed by atoms with van der Waals surface area (Å²) in [7, 11) is 0. The molecular weight excluding hydrogens is 2280 g/mol. The molecule has 17 aromatic rings. The standard InChI is InChI=1S/C13H10N3.C12H14N3.C10H5F6N4.C9H5F3N3.C9H9N4.3C8H7N4.4Pt/c1-9-8-12(16-15-9)13-11-5-3-2-4-10(11)6-7-14-13;1-12(2,3)11-8-10(14-15-11)9-6-4-5-7-13-9;1-4-2-5(18-3-17-4)7-6(9(11,12)13)8(20-19-7)10(14,15)16;10-9(11,12)8-5-7(14-15-8)6-3-1-2-4-13-6;1-6-3-8(11-5-10-6)9-4-7(2)12-13-9;3*1-6-4-8(12-11-6)7-2-3-9-5-10-7;;;;/h2-8H,1H3;4-8H,1-3H3;2-3H,1H3;1-5H;3-5H,1-2H3;3*2-5H,1H3;;;;/q8*-1;4*+2. The van der Waals surface area contributed by atoms with Crippen LogP contribution in [0.1, 0.15) is 83.3 Å². The van der Waals surface area contributed by atoms with E-state index in [1.165, 1.54) is 43.8 Å². The molecule has 0 aliphatic carbocycles. The number of hydrogen-bond donors (Lipinski definition) is 0. The molecule has 0 radical (unpaired) electrons. The molecule has 1 aromatic carbocycles. The van der Waals surface area contributed by atoms with Gasteiger partial charge in [-0.2, -0.15) is 39.5 Å². The van der Waals surface area contributed by atoms with Crippen LogP contribution in [-0.4, -0.2) is 106 Å². The van der Waals surface area contributed by atoms with Gasteiger partial charge in [0.1, 0.15) is 43.0 Å². The first-order chi connectivity index (χ1) is 54.9. The molecule has 0 bridgehead atoms. The van der Waals surface area contributed by atoms with Crippen LogP contribution in [0.2, 0.25) is 0 Å². The first-order valence-electron chi connectivity index (χ1n) is 34.1. The van der Waals surface area contributed by atoms with E-state index in [0.717, 1.165) is 132 Å². The molecule has 0 amide bonds. The van der Waals surface area contributed by atoms with Crippen molar-refractivity contribution in [3.8, 4) is 91.1 Å². The van der Waals surface area contributed by atoms with Crippen LogP contribution in [0.4, 0.5) is 39.5 Å². The quantitative estimate of drug-likeness (QED) is 0.127. The number of benzene rings is 1. The first kappa shape index (κ1) is 96.0. The van der Waals surface area contributed by atoms with Gasteiger partial charge in [0.2, 0.25) is 0 Å². The summed E-state index contributed by atoms with van der Waals surface area (Å²) in [6, 6.07) is 41.7. The molecule has 0 fully saturated rings. The number of rotatable bonds is 8. The van der Waals surface area contributed by atoms with E-state index < -0.39 is 41.2 Å². The molecule has 119 heavy (non-hydrogen) atoms. The van der Waals surface area contributed by atoms with Crippen LogP contribution in [0.3, 0.4) is 0 Å². The van der Waals surface area contributed by atoms with E-state index >= 15 is 0 Å². The van der Waals surface area contributed by atoms with Gasteiger partial charge >= 0.3 is 103 Å². The zero-order valence-electron chi connectivity index (χ0n) is 63.8. The maximum absolute atomic E-state index is 12.8. The molecule has 0 N–H and O–H groups in total. The SMILES string of the molecule is CC(C)(C)c1cc(-c2ccccn2)[n-]n1.Cc1cc(-c2[n-]nc(C(F)(F)F)c2C(F)(F)F)ncn1.Cc1cc(-c2cc(C)n[n-]2)ncn1.Cc1cc(-c2ccncn2)[n-]n1.Cc1cc(-c2ccncn2)[n-]n1.Cc1cc(-c2ccncn2)[n-]n1.Cc1cc(-c2nccc3ccccc23)[n-]n1.FC(F)(F)c1cc(-c2ccccn2)[n-]n1.[Pt+2].[Pt+2].[Pt+2].[Pt+2]. The van der Waals surface area contributed by atoms with Crippen molar-refractivity contribution in [2.45, 2.75) is 93.2 Å². The maximum Gasteiger partial charge on any atom is 2.00 e. The van der Waals surface area contributed by atoms with Gasteiger partial charge in [-0.15, -0.1) is 0 Å². The predicted molar refractivity (Wildman–Crippen MR) is 400 cm³/mol. The van der Waals surface area contributed by atoms with E-state index in [2.05, 4.69) is 179 Å². The van der Waals surface area contributed by atoms with Crippen molar-refractivity contribution in [2.75, 3.05) is 0 Å². The Bertz CT molecular complexity index is 5560. The minimum absolute atomic E-state index is 0. The number of alkyl halides is 9. The third-order valence-electron chi connectivity index (χ3n) is 15.1. The Balaban J connectivity index is 0.000000211. The average molecular weight is 2350 g/mol. The smallest absolute Gasteiger partial charge is 0.574 e. The third kappa shape index (κ3) is 28.4. The summed E-state index contributed by atoms with van der Waals surface area (Å²) in [5, 5.41) is 62.2. The Kier molecular flexibility index (Phi) is 36.0. The van der Waals surface area contributed by atoms with E-state index in [4.69, 9.17) is 0 Å². The summed E-state index contributed by atoms with van der Waals surface area (Å²) in [6.07, 6.45) is 2.13. The summed E-state index contributed by atoms with van der Waals surface area (Å²) in [6.45, 7) is 19.3. The summed E-state index contributed by atoms with van der Waals surface area (Å²) in [5.41, 5.74) is 10.9. The largest absolute Gasteiger partial charge is 2.00 e. The van der Waals surface area contributed by atoms with Crippen LogP contribution in [0.5, 0.6) is 0 Å². The number of halogens is 9. The second kappa shape index (κ2) is 44.6. The molecule has 0 saturated heterocycles. The number of fused-ring (bicyclic) bond motifs is 1. The number of nitrogens with zero attached hydrogens (tertiary/aromatic N) is 29. The Morgan fingerprint density at radius 3 is 1.00 bits per heavy atom. The van der Waals surface area contributed by atoms with Crippen molar-refractivity contribution in [2.24, 2.45) is 0 Å². The zero-order valence-corrected chi connectivity index (χ0v) is 72.9. The molecule has 0 spiro atoms. The summed E-state index contributed by atoms with van der Waals surface area (Å²) in [5.74, 6) is 0. The average Bonchev–Trinajstić information content (AvgIpc) is 1.63. The topological polar surface area (TPSA) is 383 Å². The number of aryl methyl sites for hydroxylation is 7. The van der Waals surface area contributed by atoms with E-state index in [9.17, 15) is 39.5 Å². The van der Waals surface area contributed by atoms with Gasteiger partial charge in [-0.1, -0.05) is 139 Å². The minimum atomic E-state index is -5.25. The van der Waals surface area contributed by atoms with E-state index in [1.807, 2.05) is 145 Å². The second-order valence-electron chi connectivity index (χ2n) is 25.3. The molecule has 0 aliphatic rings. The fraction of sp³-hybridized carbons (Fsp3) is 0.182. The fourth-order valence-electron chi connectivity index (χ4n) is 9.72. The zero-order chi connectivity index (χ0) is 82.3. The van der Waals surface area contributed by atoms with E-state index in [-0.39, 0.29) is 101 Å². The minimum Gasteiger partial charge on any atom is -0.574 e. The van der Waals surface area contributed by atoms with Crippen LogP contribution < -0.4 is 40.8 Å². The summed E-state index contributed by atoms with van der Waals surface area (Å²) >= 11 is 0. The third-order valence-corrected chi connectivity index (χ3v) is 15.1.